The van der Waals surface area contributed by atoms with Crippen molar-refractivity contribution < 1.29 is 4.39 Å². The number of benzene rings is 1. The lowest BCUT2D eigenvalue weighted by molar-refractivity contribution is 0.591. The molecule has 0 bridgehead atoms. The van der Waals surface area contributed by atoms with Crippen molar-refractivity contribution >= 4 is 11.6 Å². The van der Waals surface area contributed by atoms with Gasteiger partial charge in [-0.05, 0) is 11.6 Å². The molecule has 1 N–H and O–H groups in total. The summed E-state index contributed by atoms with van der Waals surface area (Å²) < 4.78 is 15.1. The monoisotopic (exact) mass is 253 g/mol. The molecule has 1 aromatic heterocycles. The van der Waals surface area contributed by atoms with Crippen molar-refractivity contribution in [3.8, 4) is 0 Å². The van der Waals surface area contributed by atoms with E-state index in [1.165, 1.54) is 6.07 Å². The summed E-state index contributed by atoms with van der Waals surface area (Å²) in [5, 5.41) is 3.41. The molecule has 2 aromatic rings. The number of rotatable bonds is 5. The SMILES string of the molecule is Fc1cccc(CNCCn2ccnc2)c1Cl. The van der Waals surface area contributed by atoms with Crippen molar-refractivity contribution in [1.29, 1.82) is 0 Å². The molecule has 0 amide bonds. The summed E-state index contributed by atoms with van der Waals surface area (Å²) in [4.78, 5) is 3.95. The Hall–Kier alpha value is -1.39. The van der Waals surface area contributed by atoms with Gasteiger partial charge in [-0.3, -0.25) is 0 Å². The number of halogens is 2. The summed E-state index contributed by atoms with van der Waals surface area (Å²) >= 11 is 5.84. The number of hydrogen-bond acceptors (Lipinski definition) is 2. The summed E-state index contributed by atoms with van der Waals surface area (Å²) in [6.45, 7) is 2.17. The van der Waals surface area contributed by atoms with Gasteiger partial charge in [-0.1, -0.05) is 23.7 Å². The van der Waals surface area contributed by atoms with E-state index >= 15 is 0 Å². The summed E-state index contributed by atoms with van der Waals surface area (Å²) in [5.74, 6) is -0.374. The first-order valence-corrected chi connectivity index (χ1v) is 5.74. The van der Waals surface area contributed by atoms with Crippen LogP contribution in [0.4, 0.5) is 4.39 Å². The van der Waals surface area contributed by atoms with Gasteiger partial charge in [0.15, 0.2) is 0 Å². The van der Waals surface area contributed by atoms with Crippen LogP contribution in [0.5, 0.6) is 0 Å². The minimum absolute atomic E-state index is 0.197. The molecular formula is C12H13ClFN3. The maximum atomic E-state index is 13.1. The summed E-state index contributed by atoms with van der Waals surface area (Å²) in [5.41, 5.74) is 0.775. The van der Waals surface area contributed by atoms with Gasteiger partial charge >= 0.3 is 0 Å². The Balaban J connectivity index is 1.80. The van der Waals surface area contributed by atoms with Gasteiger partial charge < -0.3 is 9.88 Å². The molecule has 5 heteroatoms. The summed E-state index contributed by atoms with van der Waals surface area (Å²) in [6.07, 6.45) is 5.40. The third kappa shape index (κ3) is 3.28. The number of nitrogens with zero attached hydrogens (tertiary/aromatic N) is 2. The van der Waals surface area contributed by atoms with Gasteiger partial charge in [-0.2, -0.15) is 0 Å². The second-order valence-corrected chi connectivity index (χ2v) is 4.07. The molecule has 90 valence electrons. The zero-order valence-electron chi connectivity index (χ0n) is 9.24. The van der Waals surface area contributed by atoms with Crippen LogP contribution in [0.25, 0.3) is 0 Å². The second-order valence-electron chi connectivity index (χ2n) is 3.69. The van der Waals surface area contributed by atoms with Crippen LogP contribution in [0.2, 0.25) is 5.02 Å². The lowest BCUT2D eigenvalue weighted by atomic mass is 10.2. The van der Waals surface area contributed by atoms with Gasteiger partial charge in [0.05, 0.1) is 11.3 Å². The first kappa shape index (κ1) is 12.1. The molecule has 0 aliphatic rings. The number of aromatic nitrogens is 2. The summed E-state index contributed by atoms with van der Waals surface area (Å²) in [6, 6.07) is 4.83. The van der Waals surface area contributed by atoms with Crippen molar-refractivity contribution in [1.82, 2.24) is 14.9 Å². The van der Waals surface area contributed by atoms with Crippen LogP contribution in [0, 0.1) is 5.82 Å². The van der Waals surface area contributed by atoms with Gasteiger partial charge in [-0.15, -0.1) is 0 Å². The minimum Gasteiger partial charge on any atom is -0.336 e. The Morgan fingerprint density at radius 1 is 1.41 bits per heavy atom. The molecule has 0 saturated carbocycles. The molecule has 2 rings (SSSR count). The highest BCUT2D eigenvalue weighted by Gasteiger charge is 2.04. The van der Waals surface area contributed by atoms with Crippen LogP contribution in [0.15, 0.2) is 36.9 Å². The van der Waals surface area contributed by atoms with E-state index < -0.39 is 0 Å². The Kier molecular flexibility index (Phi) is 4.12. The maximum absolute atomic E-state index is 13.1. The lowest BCUT2D eigenvalue weighted by Gasteiger charge is -2.07. The molecule has 0 radical (unpaired) electrons. The topological polar surface area (TPSA) is 29.9 Å². The Morgan fingerprint density at radius 2 is 2.29 bits per heavy atom. The molecule has 0 atom stereocenters. The highest BCUT2D eigenvalue weighted by Crippen LogP contribution is 2.19. The zero-order chi connectivity index (χ0) is 12.1. The first-order valence-electron chi connectivity index (χ1n) is 5.36. The number of nitrogens with one attached hydrogen (secondary N) is 1. The van der Waals surface area contributed by atoms with E-state index in [0.717, 1.165) is 18.7 Å². The van der Waals surface area contributed by atoms with Crippen LogP contribution in [0.1, 0.15) is 5.56 Å². The summed E-state index contributed by atoms with van der Waals surface area (Å²) in [7, 11) is 0. The highest BCUT2D eigenvalue weighted by atomic mass is 35.5. The molecule has 0 aliphatic carbocycles. The van der Waals surface area contributed by atoms with Crippen LogP contribution >= 0.6 is 11.6 Å². The third-order valence-corrected chi connectivity index (χ3v) is 2.88. The lowest BCUT2D eigenvalue weighted by Crippen LogP contribution is -2.19. The second kappa shape index (κ2) is 5.80. The third-order valence-electron chi connectivity index (χ3n) is 2.45. The van der Waals surface area contributed by atoms with Crippen molar-refractivity contribution in [3.63, 3.8) is 0 Å². The standard InChI is InChI=1S/C12H13ClFN3/c13-12-10(2-1-3-11(12)14)8-15-4-6-17-7-5-16-9-17/h1-3,5,7,9,15H,4,6,8H2. The van der Waals surface area contributed by atoms with Crippen molar-refractivity contribution in [2.24, 2.45) is 0 Å². The van der Waals surface area contributed by atoms with Gasteiger partial charge in [0.25, 0.3) is 0 Å². The molecule has 1 aromatic carbocycles. The minimum atomic E-state index is -0.374. The highest BCUT2D eigenvalue weighted by molar-refractivity contribution is 6.31. The normalized spacial score (nSPS) is 10.7. The van der Waals surface area contributed by atoms with Crippen LogP contribution < -0.4 is 5.32 Å². The maximum Gasteiger partial charge on any atom is 0.142 e. The van der Waals surface area contributed by atoms with Crippen LogP contribution in [-0.4, -0.2) is 16.1 Å². The van der Waals surface area contributed by atoms with E-state index in [1.54, 1.807) is 18.6 Å². The van der Waals surface area contributed by atoms with E-state index in [2.05, 4.69) is 10.3 Å². The van der Waals surface area contributed by atoms with E-state index in [9.17, 15) is 4.39 Å². The molecule has 0 saturated heterocycles. The van der Waals surface area contributed by atoms with E-state index in [0.29, 0.717) is 6.54 Å². The largest absolute Gasteiger partial charge is 0.336 e. The molecule has 0 spiro atoms. The van der Waals surface area contributed by atoms with Gasteiger partial charge in [0, 0.05) is 32.0 Å². The van der Waals surface area contributed by atoms with Gasteiger partial charge in [-0.25, -0.2) is 9.37 Å². The van der Waals surface area contributed by atoms with Crippen molar-refractivity contribution in [2.75, 3.05) is 6.54 Å². The van der Waals surface area contributed by atoms with Crippen LogP contribution in [-0.2, 0) is 13.1 Å². The Bertz CT molecular complexity index is 471. The predicted molar refractivity (Wildman–Crippen MR) is 65.3 cm³/mol. The fraction of sp³-hybridized carbons (Fsp3) is 0.250. The van der Waals surface area contributed by atoms with Crippen LogP contribution in [0.3, 0.4) is 0 Å². The average molecular weight is 254 g/mol. The Morgan fingerprint density at radius 3 is 3.06 bits per heavy atom. The van der Waals surface area contributed by atoms with Crippen molar-refractivity contribution in [2.45, 2.75) is 13.1 Å². The van der Waals surface area contributed by atoms with Crippen molar-refractivity contribution in [3.05, 3.63) is 53.3 Å². The molecule has 0 unspecified atom stereocenters. The molecule has 3 nitrogen and oxygen atoms in total. The molecule has 0 fully saturated rings. The molecule has 1 heterocycles. The van der Waals surface area contributed by atoms with E-state index in [1.807, 2.05) is 16.8 Å². The van der Waals surface area contributed by atoms with Gasteiger partial charge in [0.1, 0.15) is 5.82 Å². The van der Waals surface area contributed by atoms with Gasteiger partial charge in [0.2, 0.25) is 0 Å². The zero-order valence-corrected chi connectivity index (χ0v) is 9.99. The van der Waals surface area contributed by atoms with E-state index in [4.69, 9.17) is 11.6 Å². The first-order chi connectivity index (χ1) is 8.27. The van der Waals surface area contributed by atoms with E-state index in [-0.39, 0.29) is 10.8 Å². The smallest absolute Gasteiger partial charge is 0.142 e. The molecule has 17 heavy (non-hydrogen) atoms. The Labute approximate surface area is 104 Å². The quantitative estimate of drug-likeness (QED) is 0.830. The predicted octanol–water partition coefficient (Wildman–Crippen LogP) is 2.47. The number of imidazole rings is 1. The molecular weight excluding hydrogens is 241 g/mol. The number of hydrogen-bond donors (Lipinski definition) is 1. The average Bonchev–Trinajstić information content (AvgIpc) is 2.83. The molecule has 0 aliphatic heterocycles. The fourth-order valence-corrected chi connectivity index (χ4v) is 1.73. The fourth-order valence-electron chi connectivity index (χ4n) is 1.54.